The van der Waals surface area contributed by atoms with Crippen LogP contribution in [0.5, 0.6) is 0 Å². The van der Waals surface area contributed by atoms with Gasteiger partial charge in [-0.2, -0.15) is 0 Å². The molecule has 0 aliphatic heterocycles. The molecule has 0 spiro atoms. The fourth-order valence-corrected chi connectivity index (χ4v) is 2.73. The Morgan fingerprint density at radius 1 is 1.21 bits per heavy atom. The van der Waals surface area contributed by atoms with E-state index in [-0.39, 0.29) is 21.7 Å². The van der Waals surface area contributed by atoms with E-state index in [1.165, 1.54) is 0 Å². The average Bonchev–Trinajstić information content (AvgIpc) is 1.84. The second-order valence-corrected chi connectivity index (χ2v) is 6.91. The molecule has 0 rings (SSSR count). The molecule has 1 nitrogen and oxygen atoms in total. The minimum Gasteiger partial charge on any atom is -0.335 e. The first kappa shape index (κ1) is 19.9. The van der Waals surface area contributed by atoms with Gasteiger partial charge in [-0.1, -0.05) is 37.9 Å². The van der Waals surface area contributed by atoms with Crippen molar-refractivity contribution in [2.75, 3.05) is 0 Å². The molecule has 0 saturated carbocycles. The van der Waals surface area contributed by atoms with Crippen molar-refractivity contribution in [2.45, 2.75) is 46.3 Å². The van der Waals surface area contributed by atoms with E-state index in [9.17, 15) is 0 Å². The first-order valence-corrected chi connectivity index (χ1v) is 7.73. The summed E-state index contributed by atoms with van der Waals surface area (Å²) in [7, 11) is -0.546. The van der Waals surface area contributed by atoms with Crippen LogP contribution in [0.2, 0.25) is 13.1 Å². The molecule has 3 heteroatoms. The summed E-state index contributed by atoms with van der Waals surface area (Å²) in [5, 5.41) is 0. The van der Waals surface area contributed by atoms with Crippen molar-refractivity contribution < 1.29 is 21.7 Å². The molecule has 0 saturated heterocycles. The number of rotatable bonds is 2. The third-order valence-electron chi connectivity index (χ3n) is 1.05. The van der Waals surface area contributed by atoms with Crippen molar-refractivity contribution in [1.82, 2.24) is 4.98 Å². The summed E-state index contributed by atoms with van der Waals surface area (Å²) in [6.45, 7) is 16.6. The van der Waals surface area contributed by atoms with Crippen LogP contribution in [-0.4, -0.2) is 14.5 Å². The number of hydrogen-bond acceptors (Lipinski definition) is 1. The quantitative estimate of drug-likeness (QED) is 0.584. The van der Waals surface area contributed by atoms with Crippen molar-refractivity contribution in [3.8, 4) is 0 Å². The number of hydrogen-bond donors (Lipinski definition) is 1. The van der Waals surface area contributed by atoms with Crippen molar-refractivity contribution in [3.05, 3.63) is 24.8 Å². The van der Waals surface area contributed by atoms with Crippen LogP contribution in [0.25, 0.3) is 0 Å². The molecule has 0 aromatic rings. The molecule has 0 amide bonds. The predicted octanol–water partition coefficient (Wildman–Crippen LogP) is 3.10. The molecular formula is C11H25NSiTi+2. The summed E-state index contributed by atoms with van der Waals surface area (Å²) in [5.74, 6) is 0. The van der Waals surface area contributed by atoms with Gasteiger partial charge in [0.05, 0.1) is 0 Å². The maximum Gasteiger partial charge on any atom is 2.00 e. The second kappa shape index (κ2) is 11.4. The second-order valence-electron chi connectivity index (χ2n) is 4.31. The summed E-state index contributed by atoms with van der Waals surface area (Å²) in [4.78, 5) is 3.52. The zero-order chi connectivity index (χ0) is 10.9. The zero-order valence-corrected chi connectivity index (χ0v) is 13.2. The summed E-state index contributed by atoms with van der Waals surface area (Å²) in [5.41, 5.74) is 0.334. The van der Waals surface area contributed by atoms with Gasteiger partial charge in [-0.25, -0.2) is 0 Å². The van der Waals surface area contributed by atoms with Gasteiger partial charge >= 0.3 is 21.7 Å². The van der Waals surface area contributed by atoms with Crippen molar-refractivity contribution in [2.24, 2.45) is 0 Å². The van der Waals surface area contributed by atoms with Crippen LogP contribution < -0.4 is 4.98 Å². The molecule has 0 aromatic carbocycles. The Balaban J connectivity index is -0.000000177. The van der Waals surface area contributed by atoms with Crippen LogP contribution in [0.1, 0.15) is 27.7 Å². The van der Waals surface area contributed by atoms with Crippen LogP contribution >= 0.6 is 0 Å². The Labute approximate surface area is 107 Å². The van der Waals surface area contributed by atoms with Gasteiger partial charge in [-0.3, -0.25) is 0 Å². The Morgan fingerprint density at radius 3 is 1.64 bits per heavy atom. The normalized spacial score (nSPS) is 10.5. The summed E-state index contributed by atoms with van der Waals surface area (Å²) in [6, 6.07) is 0. The van der Waals surface area contributed by atoms with Gasteiger partial charge in [0, 0.05) is 5.54 Å². The molecule has 0 radical (unpaired) electrons. The molecule has 0 atom stereocenters. The average molecular weight is 247 g/mol. The van der Waals surface area contributed by atoms with E-state index in [2.05, 4.69) is 45.4 Å². The van der Waals surface area contributed by atoms with Crippen molar-refractivity contribution in [3.63, 3.8) is 0 Å². The molecule has 80 valence electrons. The van der Waals surface area contributed by atoms with E-state index in [1.54, 1.807) is 6.08 Å². The van der Waals surface area contributed by atoms with E-state index in [0.29, 0.717) is 5.54 Å². The number of nitrogens with one attached hydrogen (secondary N) is 1. The first-order chi connectivity index (χ1) is 5.83. The van der Waals surface area contributed by atoms with E-state index in [4.69, 9.17) is 0 Å². The van der Waals surface area contributed by atoms with E-state index in [0.717, 1.165) is 0 Å². The van der Waals surface area contributed by atoms with Gasteiger partial charge in [0.2, 0.25) is 0 Å². The number of allylic oxidation sites excluding steroid dienone is 3. The molecule has 0 aliphatic carbocycles. The van der Waals surface area contributed by atoms with Crippen LogP contribution in [0.4, 0.5) is 0 Å². The predicted molar refractivity (Wildman–Crippen MR) is 66.8 cm³/mol. The molecule has 0 bridgehead atoms. The largest absolute Gasteiger partial charge is 2.00 e. The van der Waals surface area contributed by atoms with Crippen LogP contribution in [0, 0.1) is 0 Å². The topological polar surface area (TPSA) is 12.0 Å². The molecule has 0 heterocycles. The summed E-state index contributed by atoms with van der Waals surface area (Å²) >= 11 is 0. The third kappa shape index (κ3) is 29.4. The standard InChI is InChI=1S/C6H17NSi.C5H8.Ti/c1-6(2,3)7-8(4)5;1-3-5-4-2;/h7-8H,1-5H3;3-5H,1H2,2H3;/q;;+2. The van der Waals surface area contributed by atoms with Gasteiger partial charge in [0.1, 0.15) is 8.96 Å². The summed E-state index contributed by atoms with van der Waals surface area (Å²) < 4.78 is 0. The Morgan fingerprint density at radius 2 is 1.64 bits per heavy atom. The molecule has 14 heavy (non-hydrogen) atoms. The minimum atomic E-state index is -0.546. The monoisotopic (exact) mass is 247 g/mol. The first-order valence-electron chi connectivity index (χ1n) is 4.85. The van der Waals surface area contributed by atoms with Crippen LogP contribution in [0.3, 0.4) is 0 Å². The Bertz CT molecular complexity index is 148. The Hall–Kier alpha value is 0.371. The third-order valence-corrected chi connectivity index (χ3v) is 2.49. The van der Waals surface area contributed by atoms with Gasteiger partial charge < -0.3 is 4.98 Å². The van der Waals surface area contributed by atoms with Gasteiger partial charge in [-0.15, -0.1) is 0 Å². The van der Waals surface area contributed by atoms with Crippen molar-refractivity contribution in [1.29, 1.82) is 0 Å². The minimum absolute atomic E-state index is 0. The van der Waals surface area contributed by atoms with Crippen molar-refractivity contribution >= 4 is 8.96 Å². The van der Waals surface area contributed by atoms with Crippen LogP contribution in [-0.2, 0) is 21.7 Å². The van der Waals surface area contributed by atoms with Gasteiger partial charge in [-0.05, 0) is 27.7 Å². The molecular weight excluding hydrogens is 222 g/mol. The summed E-state index contributed by atoms with van der Waals surface area (Å²) in [6.07, 6.45) is 5.58. The van der Waals surface area contributed by atoms with Crippen LogP contribution in [0.15, 0.2) is 24.8 Å². The Kier molecular flexibility index (Phi) is 16.2. The zero-order valence-electron chi connectivity index (χ0n) is 10.5. The molecule has 1 N–H and O–H groups in total. The molecule has 0 fully saturated rings. The van der Waals surface area contributed by atoms with Gasteiger partial charge in [0.15, 0.2) is 0 Å². The molecule has 0 unspecified atom stereocenters. The fourth-order valence-electron chi connectivity index (χ4n) is 1.00. The smallest absolute Gasteiger partial charge is 0.335 e. The fraction of sp³-hybridized carbons (Fsp3) is 0.636. The van der Waals surface area contributed by atoms with Gasteiger partial charge in [0.25, 0.3) is 0 Å². The van der Waals surface area contributed by atoms with E-state index >= 15 is 0 Å². The SMILES string of the molecule is C=CC=CC.C[SiH](C)NC(C)(C)C.[Ti+2]. The maximum absolute atomic E-state index is 3.52. The van der Waals surface area contributed by atoms with E-state index in [1.807, 2.05) is 19.1 Å². The maximum atomic E-state index is 3.52. The van der Waals surface area contributed by atoms with E-state index < -0.39 is 8.96 Å². The molecule has 0 aliphatic rings. The molecule has 0 aromatic heterocycles.